The van der Waals surface area contributed by atoms with Gasteiger partial charge in [0.1, 0.15) is 11.6 Å². The number of rotatable bonds is 1. The van der Waals surface area contributed by atoms with Gasteiger partial charge in [0.2, 0.25) is 5.76 Å². The van der Waals surface area contributed by atoms with Crippen molar-refractivity contribution >= 4 is 5.91 Å². The fraction of sp³-hybridized carbons (Fsp3) is 0. The molecule has 1 heterocycles. The highest BCUT2D eigenvalue weighted by Gasteiger charge is 2.12. The molecule has 0 aliphatic carbocycles. The normalized spacial score (nSPS) is 8.70. The smallest absolute Gasteiger partial charge is 0.288 e. The van der Waals surface area contributed by atoms with Crippen molar-refractivity contribution in [3.63, 3.8) is 0 Å². The first-order valence-electron chi connectivity index (χ1n) is 2.40. The van der Waals surface area contributed by atoms with Crippen LogP contribution in [0.1, 0.15) is 16.1 Å². The molecule has 0 spiro atoms. The number of nitrogens with zero attached hydrogens (tertiary/aromatic N) is 2. The quantitative estimate of drug-likeness (QED) is 0.572. The zero-order valence-corrected chi connectivity index (χ0v) is 4.87. The Bertz CT molecular complexity index is 296. The summed E-state index contributed by atoms with van der Waals surface area (Å²) in [6, 6.07) is 1.70. The molecule has 5 heteroatoms. The lowest BCUT2D eigenvalue weighted by Crippen LogP contribution is -2.10. The lowest BCUT2D eigenvalue weighted by atomic mass is 10.3. The Balaban J connectivity index is 3.17. The van der Waals surface area contributed by atoms with Crippen LogP contribution in [0, 0.1) is 11.3 Å². The molecule has 0 aliphatic heterocycles. The van der Waals surface area contributed by atoms with Gasteiger partial charge in [0.25, 0.3) is 5.91 Å². The van der Waals surface area contributed by atoms with E-state index in [0.29, 0.717) is 0 Å². The first-order chi connectivity index (χ1) is 4.75. The van der Waals surface area contributed by atoms with E-state index < -0.39 is 5.91 Å². The molecule has 1 rings (SSSR count). The number of nitrogens with two attached hydrogens (primary N) is 1. The maximum absolute atomic E-state index is 10.4. The average Bonchev–Trinajstić information content (AvgIpc) is 2.33. The third-order valence-corrected chi connectivity index (χ3v) is 0.915. The summed E-state index contributed by atoms with van der Waals surface area (Å²) < 4.78 is 4.37. The number of primary amides is 1. The van der Waals surface area contributed by atoms with Gasteiger partial charge >= 0.3 is 0 Å². The second-order valence-electron chi connectivity index (χ2n) is 1.54. The molecule has 5 nitrogen and oxygen atoms in total. The van der Waals surface area contributed by atoms with E-state index in [1.807, 2.05) is 0 Å². The van der Waals surface area contributed by atoms with E-state index in [2.05, 4.69) is 9.68 Å². The van der Waals surface area contributed by atoms with Crippen molar-refractivity contribution in [1.29, 1.82) is 5.26 Å². The van der Waals surface area contributed by atoms with E-state index in [4.69, 9.17) is 11.0 Å². The largest absolute Gasteiger partial charge is 0.363 e. The maximum atomic E-state index is 10.4. The lowest BCUT2D eigenvalue weighted by molar-refractivity contribution is 0.0964. The maximum Gasteiger partial charge on any atom is 0.288 e. The number of hydrogen-bond donors (Lipinski definition) is 1. The second-order valence-corrected chi connectivity index (χ2v) is 1.54. The summed E-state index contributed by atoms with van der Waals surface area (Å²) >= 11 is 0. The molecule has 2 N–H and O–H groups in total. The van der Waals surface area contributed by atoms with Gasteiger partial charge in [0, 0.05) is 0 Å². The molecule has 0 radical (unpaired) electrons. The predicted octanol–water partition coefficient (Wildman–Crippen LogP) is -0.355. The molecule has 0 unspecified atom stereocenters. The Morgan fingerprint density at radius 3 is 3.00 bits per heavy atom. The van der Waals surface area contributed by atoms with Gasteiger partial charge in [0.15, 0.2) is 0 Å². The summed E-state index contributed by atoms with van der Waals surface area (Å²) in [6.07, 6.45) is 1.14. The van der Waals surface area contributed by atoms with Crippen molar-refractivity contribution in [3.8, 4) is 6.07 Å². The van der Waals surface area contributed by atoms with Crippen molar-refractivity contribution in [1.82, 2.24) is 5.16 Å². The van der Waals surface area contributed by atoms with Gasteiger partial charge < -0.3 is 10.3 Å². The van der Waals surface area contributed by atoms with Crippen LogP contribution in [0.15, 0.2) is 10.7 Å². The van der Waals surface area contributed by atoms with E-state index in [0.717, 1.165) is 6.20 Å². The number of carbonyl (C=O) groups is 1. The van der Waals surface area contributed by atoms with E-state index in [9.17, 15) is 4.79 Å². The standard InChI is InChI=1S/C5H3N3O2/c6-1-3-2-8-10-4(3)5(7)9/h2H,(H2,7,9). The van der Waals surface area contributed by atoms with Crippen molar-refractivity contribution in [2.24, 2.45) is 5.73 Å². The molecule has 0 atom stereocenters. The van der Waals surface area contributed by atoms with Crippen LogP contribution in [0.25, 0.3) is 0 Å². The van der Waals surface area contributed by atoms with Gasteiger partial charge in [0.05, 0.1) is 6.20 Å². The van der Waals surface area contributed by atoms with E-state index in [1.165, 1.54) is 0 Å². The third kappa shape index (κ3) is 0.821. The molecule has 0 bridgehead atoms. The first-order valence-corrected chi connectivity index (χ1v) is 2.40. The molecular formula is C5H3N3O2. The van der Waals surface area contributed by atoms with Crippen molar-refractivity contribution in [2.45, 2.75) is 0 Å². The molecule has 50 valence electrons. The summed E-state index contributed by atoms with van der Waals surface area (Å²) in [5.74, 6) is -0.975. The summed E-state index contributed by atoms with van der Waals surface area (Å²) in [5, 5.41) is 11.5. The second kappa shape index (κ2) is 2.19. The van der Waals surface area contributed by atoms with Crippen LogP contribution in [0.3, 0.4) is 0 Å². The SMILES string of the molecule is N#Cc1cnoc1C(N)=O. The highest BCUT2D eigenvalue weighted by Crippen LogP contribution is 2.03. The zero-order valence-electron chi connectivity index (χ0n) is 4.87. The van der Waals surface area contributed by atoms with Gasteiger partial charge in [-0.3, -0.25) is 4.79 Å². The van der Waals surface area contributed by atoms with Gasteiger partial charge in [-0.05, 0) is 0 Å². The fourth-order valence-electron chi connectivity index (χ4n) is 0.497. The van der Waals surface area contributed by atoms with Crippen LogP contribution in [-0.4, -0.2) is 11.1 Å². The fourth-order valence-corrected chi connectivity index (χ4v) is 0.497. The molecular weight excluding hydrogens is 134 g/mol. The van der Waals surface area contributed by atoms with Crippen LogP contribution in [0.5, 0.6) is 0 Å². The molecule has 1 amide bonds. The van der Waals surface area contributed by atoms with Gasteiger partial charge in [-0.25, -0.2) is 0 Å². The lowest BCUT2D eigenvalue weighted by Gasteiger charge is -1.82. The van der Waals surface area contributed by atoms with E-state index >= 15 is 0 Å². The van der Waals surface area contributed by atoms with E-state index in [1.54, 1.807) is 6.07 Å². The molecule has 1 aromatic rings. The van der Waals surface area contributed by atoms with Gasteiger partial charge in [-0.2, -0.15) is 5.26 Å². The van der Waals surface area contributed by atoms with Gasteiger partial charge in [-0.15, -0.1) is 0 Å². The average molecular weight is 137 g/mol. The predicted molar refractivity (Wildman–Crippen MR) is 29.7 cm³/mol. The van der Waals surface area contributed by atoms with Crippen molar-refractivity contribution in [3.05, 3.63) is 17.5 Å². The Morgan fingerprint density at radius 1 is 1.90 bits per heavy atom. The van der Waals surface area contributed by atoms with Crippen LogP contribution >= 0.6 is 0 Å². The third-order valence-electron chi connectivity index (χ3n) is 0.915. The van der Waals surface area contributed by atoms with Crippen molar-refractivity contribution < 1.29 is 9.32 Å². The molecule has 1 aromatic heterocycles. The minimum atomic E-state index is -0.783. The Kier molecular flexibility index (Phi) is 1.38. The summed E-state index contributed by atoms with van der Waals surface area (Å²) in [4.78, 5) is 10.4. The van der Waals surface area contributed by atoms with Crippen LogP contribution in [-0.2, 0) is 0 Å². The molecule has 0 saturated carbocycles. The zero-order chi connectivity index (χ0) is 7.56. The summed E-state index contributed by atoms with van der Waals surface area (Å²) in [5.41, 5.74) is 4.87. The minimum absolute atomic E-state index is 0.0625. The van der Waals surface area contributed by atoms with Gasteiger partial charge in [-0.1, -0.05) is 5.16 Å². The molecule has 10 heavy (non-hydrogen) atoms. The number of hydrogen-bond acceptors (Lipinski definition) is 4. The Hall–Kier alpha value is -1.83. The molecule has 0 saturated heterocycles. The van der Waals surface area contributed by atoms with Crippen LogP contribution in [0.4, 0.5) is 0 Å². The minimum Gasteiger partial charge on any atom is -0.363 e. The molecule has 0 aliphatic rings. The Morgan fingerprint density at radius 2 is 2.60 bits per heavy atom. The summed E-state index contributed by atoms with van der Waals surface area (Å²) in [6.45, 7) is 0. The number of nitriles is 1. The first kappa shape index (κ1) is 6.29. The number of carbonyl (C=O) groups excluding carboxylic acids is 1. The van der Waals surface area contributed by atoms with E-state index in [-0.39, 0.29) is 11.3 Å². The van der Waals surface area contributed by atoms with Crippen LogP contribution in [0.2, 0.25) is 0 Å². The van der Waals surface area contributed by atoms with Crippen molar-refractivity contribution in [2.75, 3.05) is 0 Å². The molecule has 0 aromatic carbocycles. The number of aromatic nitrogens is 1. The highest BCUT2D eigenvalue weighted by molar-refractivity contribution is 5.92. The van der Waals surface area contributed by atoms with Crippen LogP contribution < -0.4 is 5.73 Å². The highest BCUT2D eigenvalue weighted by atomic mass is 16.5. The summed E-state index contributed by atoms with van der Waals surface area (Å²) in [7, 11) is 0. The Labute approximate surface area is 56.0 Å². The topological polar surface area (TPSA) is 92.9 Å². The molecule has 0 fully saturated rings. The monoisotopic (exact) mass is 137 g/mol. The number of amides is 1.